The van der Waals surface area contributed by atoms with Gasteiger partial charge in [0.1, 0.15) is 24.0 Å². The second-order valence-electron chi connectivity index (χ2n) is 8.11. The number of anilines is 3. The number of hydrogen-bond donors (Lipinski definition) is 3. The fourth-order valence-corrected chi connectivity index (χ4v) is 3.83. The van der Waals surface area contributed by atoms with Crippen molar-refractivity contribution < 1.29 is 9.53 Å². The number of primary amides is 1. The van der Waals surface area contributed by atoms with Gasteiger partial charge < -0.3 is 21.1 Å². The number of amides is 2. The van der Waals surface area contributed by atoms with Gasteiger partial charge in [-0.05, 0) is 49.6 Å². The minimum Gasteiger partial charge on any atom is -0.488 e. The van der Waals surface area contributed by atoms with Crippen LogP contribution in [0.4, 0.5) is 22.1 Å². The maximum atomic E-state index is 11.3. The number of nitrogens with two attached hydrogens (primary N) is 1. The normalized spacial score (nSPS) is 13.0. The number of carbonyl (C=O) groups is 1. The lowest BCUT2D eigenvalue weighted by molar-refractivity contribution is 0.259. The monoisotopic (exact) mass is 440 g/mol. The molecule has 0 aliphatic heterocycles. The SMILES string of the molecule is Cc1ncc(Nc2cc(COc3ccc(NC(N)=O)c4ccccc34)ccn2)nc1C1CC1. The molecule has 0 radical (unpaired) electrons. The Labute approximate surface area is 191 Å². The van der Waals surface area contributed by atoms with Gasteiger partial charge in [0, 0.05) is 22.9 Å². The third-order valence-corrected chi connectivity index (χ3v) is 5.57. The molecule has 1 aliphatic rings. The quantitative estimate of drug-likeness (QED) is 0.371. The Bertz CT molecular complexity index is 1340. The first kappa shape index (κ1) is 20.7. The second kappa shape index (κ2) is 8.74. The van der Waals surface area contributed by atoms with Gasteiger partial charge in [-0.1, -0.05) is 24.3 Å². The number of aryl methyl sites for hydroxylation is 1. The summed E-state index contributed by atoms with van der Waals surface area (Å²) in [7, 11) is 0. The van der Waals surface area contributed by atoms with Crippen LogP contribution in [0.1, 0.15) is 35.7 Å². The van der Waals surface area contributed by atoms with Crippen molar-refractivity contribution in [1.82, 2.24) is 15.0 Å². The van der Waals surface area contributed by atoms with Crippen LogP contribution in [0, 0.1) is 6.92 Å². The first-order valence-electron chi connectivity index (χ1n) is 10.8. The van der Waals surface area contributed by atoms with Crippen molar-refractivity contribution in [1.29, 1.82) is 0 Å². The first-order chi connectivity index (χ1) is 16.1. The van der Waals surface area contributed by atoms with Crippen LogP contribution < -0.4 is 21.1 Å². The van der Waals surface area contributed by atoms with E-state index in [1.54, 1.807) is 18.5 Å². The fraction of sp³-hybridized carbons (Fsp3) is 0.200. The third kappa shape index (κ3) is 4.69. The summed E-state index contributed by atoms with van der Waals surface area (Å²) in [5.41, 5.74) is 8.95. The molecule has 2 heterocycles. The van der Waals surface area contributed by atoms with Gasteiger partial charge in [-0.2, -0.15) is 0 Å². The van der Waals surface area contributed by atoms with E-state index >= 15 is 0 Å². The van der Waals surface area contributed by atoms with Crippen molar-refractivity contribution in [2.75, 3.05) is 10.6 Å². The summed E-state index contributed by atoms with van der Waals surface area (Å²) in [5.74, 6) is 2.62. The topological polar surface area (TPSA) is 115 Å². The highest BCUT2D eigenvalue weighted by atomic mass is 16.5. The van der Waals surface area contributed by atoms with Crippen LogP contribution in [0.2, 0.25) is 0 Å². The Hall–Kier alpha value is -4.20. The van der Waals surface area contributed by atoms with Crippen LogP contribution in [-0.2, 0) is 6.61 Å². The number of fused-ring (bicyclic) bond motifs is 1. The Balaban J connectivity index is 1.32. The molecule has 8 nitrogen and oxygen atoms in total. The van der Waals surface area contributed by atoms with Crippen molar-refractivity contribution in [2.45, 2.75) is 32.3 Å². The molecule has 0 unspecified atom stereocenters. The van der Waals surface area contributed by atoms with Gasteiger partial charge in [-0.25, -0.2) is 14.8 Å². The van der Waals surface area contributed by atoms with E-state index in [1.165, 1.54) is 12.8 Å². The number of benzene rings is 2. The predicted molar refractivity (Wildman–Crippen MR) is 128 cm³/mol. The molecule has 0 bridgehead atoms. The summed E-state index contributed by atoms with van der Waals surface area (Å²) in [4.78, 5) is 24.9. The van der Waals surface area contributed by atoms with Gasteiger partial charge in [-0.3, -0.25) is 4.98 Å². The Morgan fingerprint density at radius 1 is 1.09 bits per heavy atom. The van der Waals surface area contributed by atoms with Crippen LogP contribution in [0.15, 0.2) is 60.9 Å². The minimum atomic E-state index is -0.604. The zero-order valence-electron chi connectivity index (χ0n) is 18.2. The highest BCUT2D eigenvalue weighted by Gasteiger charge is 2.27. The molecule has 166 valence electrons. The number of pyridine rings is 1. The van der Waals surface area contributed by atoms with Gasteiger partial charge in [0.25, 0.3) is 0 Å². The number of urea groups is 1. The largest absolute Gasteiger partial charge is 0.488 e. The highest BCUT2D eigenvalue weighted by Crippen LogP contribution is 2.40. The number of ether oxygens (including phenoxy) is 1. The van der Waals surface area contributed by atoms with Crippen molar-refractivity contribution in [3.8, 4) is 5.75 Å². The maximum Gasteiger partial charge on any atom is 0.316 e. The van der Waals surface area contributed by atoms with Gasteiger partial charge in [0.05, 0.1) is 23.3 Å². The van der Waals surface area contributed by atoms with Crippen molar-refractivity contribution >= 4 is 34.1 Å². The van der Waals surface area contributed by atoms with E-state index in [9.17, 15) is 4.79 Å². The standard InChI is InChI=1S/C25H24N6O2/c1-15-24(17-6-7-17)31-23(13-28-15)30-22-12-16(10-11-27-22)14-33-21-9-8-20(29-25(26)32)18-4-2-3-5-19(18)21/h2-5,8-13,17H,6-7,14H2,1H3,(H3,26,29,32)(H,27,30,31). The maximum absolute atomic E-state index is 11.3. The molecule has 4 aromatic rings. The average Bonchev–Trinajstić information content (AvgIpc) is 3.65. The predicted octanol–water partition coefficient (Wildman–Crippen LogP) is 5.02. The Morgan fingerprint density at radius 3 is 2.70 bits per heavy atom. The average molecular weight is 441 g/mol. The van der Waals surface area contributed by atoms with E-state index in [1.807, 2.05) is 49.4 Å². The second-order valence-corrected chi connectivity index (χ2v) is 8.11. The van der Waals surface area contributed by atoms with Gasteiger partial charge in [-0.15, -0.1) is 0 Å². The zero-order valence-corrected chi connectivity index (χ0v) is 18.2. The zero-order chi connectivity index (χ0) is 22.8. The Kier molecular flexibility index (Phi) is 5.48. The summed E-state index contributed by atoms with van der Waals surface area (Å²) >= 11 is 0. The molecule has 0 spiro atoms. The van der Waals surface area contributed by atoms with Crippen molar-refractivity contribution in [3.05, 3.63) is 77.9 Å². The van der Waals surface area contributed by atoms with Crippen LogP contribution in [-0.4, -0.2) is 21.0 Å². The van der Waals surface area contributed by atoms with Crippen molar-refractivity contribution in [3.63, 3.8) is 0 Å². The van der Waals surface area contributed by atoms with Gasteiger partial charge in [0.2, 0.25) is 0 Å². The molecular weight excluding hydrogens is 416 g/mol. The van der Waals surface area contributed by atoms with Crippen LogP contribution >= 0.6 is 0 Å². The summed E-state index contributed by atoms with van der Waals surface area (Å²) in [6.45, 7) is 2.36. The molecule has 8 heteroatoms. The van der Waals surface area contributed by atoms with E-state index < -0.39 is 6.03 Å². The molecule has 0 saturated heterocycles. The highest BCUT2D eigenvalue weighted by molar-refractivity contribution is 6.03. The lowest BCUT2D eigenvalue weighted by atomic mass is 10.1. The van der Waals surface area contributed by atoms with E-state index in [0.29, 0.717) is 35.6 Å². The van der Waals surface area contributed by atoms with E-state index in [2.05, 4.69) is 20.6 Å². The number of carbonyl (C=O) groups excluding carboxylic acids is 1. The van der Waals surface area contributed by atoms with Crippen LogP contribution in [0.3, 0.4) is 0 Å². The van der Waals surface area contributed by atoms with E-state index in [-0.39, 0.29) is 0 Å². The minimum absolute atomic E-state index is 0.358. The molecular formula is C25H24N6O2. The molecule has 0 atom stereocenters. The number of hydrogen-bond acceptors (Lipinski definition) is 6. The van der Waals surface area contributed by atoms with E-state index in [4.69, 9.17) is 15.5 Å². The number of nitrogens with one attached hydrogen (secondary N) is 2. The Morgan fingerprint density at radius 2 is 1.91 bits per heavy atom. The van der Waals surface area contributed by atoms with Crippen molar-refractivity contribution in [2.24, 2.45) is 5.73 Å². The van der Waals surface area contributed by atoms with E-state index in [0.717, 1.165) is 27.7 Å². The van der Waals surface area contributed by atoms with Crippen LogP contribution in [0.5, 0.6) is 5.75 Å². The van der Waals surface area contributed by atoms with Crippen LogP contribution in [0.25, 0.3) is 10.8 Å². The number of nitrogens with zero attached hydrogens (tertiary/aromatic N) is 3. The smallest absolute Gasteiger partial charge is 0.316 e. The molecule has 5 rings (SSSR count). The summed E-state index contributed by atoms with van der Waals surface area (Å²) in [6.07, 6.45) is 5.83. The molecule has 2 amide bonds. The molecule has 2 aromatic heterocycles. The first-order valence-corrected chi connectivity index (χ1v) is 10.8. The summed E-state index contributed by atoms with van der Waals surface area (Å²) in [5, 5.41) is 7.65. The lowest BCUT2D eigenvalue weighted by Crippen LogP contribution is -2.19. The molecule has 2 aromatic carbocycles. The lowest BCUT2D eigenvalue weighted by Gasteiger charge is -2.13. The van der Waals surface area contributed by atoms with Gasteiger partial charge >= 0.3 is 6.03 Å². The molecule has 1 fully saturated rings. The molecule has 1 saturated carbocycles. The number of aromatic nitrogens is 3. The molecule has 4 N–H and O–H groups in total. The summed E-state index contributed by atoms with van der Waals surface area (Å²) in [6, 6.07) is 14.6. The third-order valence-electron chi connectivity index (χ3n) is 5.57. The summed E-state index contributed by atoms with van der Waals surface area (Å²) < 4.78 is 6.12. The molecule has 33 heavy (non-hydrogen) atoms. The number of rotatable bonds is 7. The molecule has 1 aliphatic carbocycles. The fourth-order valence-electron chi connectivity index (χ4n) is 3.83. The van der Waals surface area contributed by atoms with Gasteiger partial charge in [0.15, 0.2) is 0 Å².